The number of aryl methyl sites for hydroxylation is 1. The van der Waals surface area contributed by atoms with E-state index in [4.69, 9.17) is 4.74 Å². The molecule has 124 valence electrons. The van der Waals surface area contributed by atoms with Crippen molar-refractivity contribution in [3.05, 3.63) is 59.8 Å². The molecule has 1 amide bonds. The molecule has 2 aromatic carbocycles. The molecule has 0 spiro atoms. The van der Waals surface area contributed by atoms with Crippen LogP contribution in [0.2, 0.25) is 0 Å². The number of rotatable bonds is 4. The van der Waals surface area contributed by atoms with Crippen molar-refractivity contribution in [1.82, 2.24) is 4.57 Å². The lowest BCUT2D eigenvalue weighted by Gasteiger charge is -2.09. The monoisotopic (exact) mass is 322 g/mol. The second-order valence-electron chi connectivity index (χ2n) is 6.21. The molecule has 3 aromatic rings. The third kappa shape index (κ3) is 2.87. The maximum atomic E-state index is 12.7. The van der Waals surface area contributed by atoms with Crippen LogP contribution < -0.4 is 10.1 Å². The fourth-order valence-corrected chi connectivity index (χ4v) is 2.88. The van der Waals surface area contributed by atoms with Crippen LogP contribution in [0, 0.1) is 0 Å². The first kappa shape index (κ1) is 16.1. The standard InChI is InChI=1S/C20H22N2O2/c1-13(2)14-8-10-15(11-9-14)21-20(23)18-12-16-17(22(18)3)6-5-7-19(16)24-4/h5-13H,1-4H3,(H,21,23). The van der Waals surface area contributed by atoms with Gasteiger partial charge in [0.2, 0.25) is 0 Å². The smallest absolute Gasteiger partial charge is 0.272 e. The van der Waals surface area contributed by atoms with Gasteiger partial charge in [0, 0.05) is 18.1 Å². The van der Waals surface area contributed by atoms with E-state index in [0.717, 1.165) is 22.3 Å². The fourth-order valence-electron chi connectivity index (χ4n) is 2.88. The molecule has 0 bridgehead atoms. The van der Waals surface area contributed by atoms with E-state index in [1.807, 2.05) is 60.1 Å². The number of nitrogens with zero attached hydrogens (tertiary/aromatic N) is 1. The molecule has 4 heteroatoms. The van der Waals surface area contributed by atoms with Gasteiger partial charge >= 0.3 is 0 Å². The van der Waals surface area contributed by atoms with Crippen LogP contribution in [-0.4, -0.2) is 17.6 Å². The summed E-state index contributed by atoms with van der Waals surface area (Å²) in [5, 5.41) is 3.90. The van der Waals surface area contributed by atoms with Crippen LogP contribution in [-0.2, 0) is 7.05 Å². The Balaban J connectivity index is 1.90. The molecule has 1 N–H and O–H groups in total. The zero-order valence-corrected chi connectivity index (χ0v) is 14.5. The van der Waals surface area contributed by atoms with Crippen molar-refractivity contribution in [2.45, 2.75) is 19.8 Å². The summed E-state index contributed by atoms with van der Waals surface area (Å²) in [6.07, 6.45) is 0. The minimum Gasteiger partial charge on any atom is -0.496 e. The maximum absolute atomic E-state index is 12.7. The van der Waals surface area contributed by atoms with E-state index in [1.165, 1.54) is 5.56 Å². The highest BCUT2D eigenvalue weighted by molar-refractivity contribution is 6.07. The van der Waals surface area contributed by atoms with Crippen molar-refractivity contribution in [1.29, 1.82) is 0 Å². The number of fused-ring (bicyclic) bond motifs is 1. The Morgan fingerprint density at radius 2 is 1.83 bits per heavy atom. The van der Waals surface area contributed by atoms with E-state index in [0.29, 0.717) is 11.6 Å². The Morgan fingerprint density at radius 1 is 1.12 bits per heavy atom. The van der Waals surface area contributed by atoms with Crippen molar-refractivity contribution < 1.29 is 9.53 Å². The number of hydrogen-bond acceptors (Lipinski definition) is 2. The minimum absolute atomic E-state index is 0.131. The summed E-state index contributed by atoms with van der Waals surface area (Å²) in [6.45, 7) is 4.30. The number of benzene rings is 2. The van der Waals surface area contributed by atoms with Gasteiger partial charge in [-0.3, -0.25) is 4.79 Å². The van der Waals surface area contributed by atoms with Gasteiger partial charge in [-0.15, -0.1) is 0 Å². The summed E-state index contributed by atoms with van der Waals surface area (Å²) < 4.78 is 7.27. The normalized spacial score (nSPS) is 11.0. The largest absolute Gasteiger partial charge is 0.496 e. The predicted molar refractivity (Wildman–Crippen MR) is 98.0 cm³/mol. The zero-order valence-electron chi connectivity index (χ0n) is 14.5. The maximum Gasteiger partial charge on any atom is 0.272 e. The van der Waals surface area contributed by atoms with Crippen molar-refractivity contribution >= 4 is 22.5 Å². The lowest BCUT2D eigenvalue weighted by atomic mass is 10.0. The van der Waals surface area contributed by atoms with Gasteiger partial charge in [0.1, 0.15) is 11.4 Å². The number of carbonyl (C=O) groups is 1. The summed E-state index contributed by atoms with van der Waals surface area (Å²) in [6, 6.07) is 15.6. The SMILES string of the molecule is COc1cccc2c1cc(C(=O)Nc1ccc(C(C)C)cc1)n2C. The number of nitrogens with one attached hydrogen (secondary N) is 1. The van der Waals surface area contributed by atoms with Crippen molar-refractivity contribution in [2.75, 3.05) is 12.4 Å². The van der Waals surface area contributed by atoms with Gasteiger partial charge < -0.3 is 14.6 Å². The molecule has 0 atom stereocenters. The summed E-state index contributed by atoms with van der Waals surface area (Å²) in [5.74, 6) is 1.11. The lowest BCUT2D eigenvalue weighted by molar-refractivity contribution is 0.102. The second-order valence-corrected chi connectivity index (χ2v) is 6.21. The van der Waals surface area contributed by atoms with E-state index in [1.54, 1.807) is 7.11 Å². The highest BCUT2D eigenvalue weighted by Crippen LogP contribution is 2.28. The Kier molecular flexibility index (Phi) is 4.30. The van der Waals surface area contributed by atoms with Crippen LogP contribution in [0.15, 0.2) is 48.5 Å². The Labute approximate surface area is 142 Å². The average molecular weight is 322 g/mol. The average Bonchev–Trinajstić information content (AvgIpc) is 2.92. The number of carbonyl (C=O) groups excluding carboxylic acids is 1. The first-order chi connectivity index (χ1) is 11.5. The highest BCUT2D eigenvalue weighted by Gasteiger charge is 2.15. The number of amides is 1. The fraction of sp³-hybridized carbons (Fsp3) is 0.250. The highest BCUT2D eigenvalue weighted by atomic mass is 16.5. The van der Waals surface area contributed by atoms with Crippen LogP contribution in [0.1, 0.15) is 35.8 Å². The van der Waals surface area contributed by atoms with E-state index < -0.39 is 0 Å². The van der Waals surface area contributed by atoms with Crippen LogP contribution in [0.4, 0.5) is 5.69 Å². The van der Waals surface area contributed by atoms with Crippen molar-refractivity contribution in [3.63, 3.8) is 0 Å². The Hall–Kier alpha value is -2.75. The molecule has 0 saturated carbocycles. The molecule has 0 aliphatic heterocycles. The second kappa shape index (κ2) is 6.40. The van der Waals surface area contributed by atoms with Crippen LogP contribution in [0.25, 0.3) is 10.9 Å². The summed E-state index contributed by atoms with van der Waals surface area (Å²) in [7, 11) is 3.52. The van der Waals surface area contributed by atoms with Gasteiger partial charge in [0.15, 0.2) is 0 Å². The molecule has 0 unspecified atom stereocenters. The molecule has 3 rings (SSSR count). The molecule has 1 heterocycles. The quantitative estimate of drug-likeness (QED) is 0.765. The van der Waals surface area contributed by atoms with Gasteiger partial charge in [0.05, 0.1) is 12.6 Å². The summed E-state index contributed by atoms with van der Waals surface area (Å²) >= 11 is 0. The number of aromatic nitrogens is 1. The van der Waals surface area contributed by atoms with Crippen LogP contribution in [0.3, 0.4) is 0 Å². The Bertz CT molecular complexity index is 877. The number of ether oxygens (including phenoxy) is 1. The molecular formula is C20H22N2O2. The third-order valence-corrected chi connectivity index (χ3v) is 4.33. The van der Waals surface area contributed by atoms with E-state index in [9.17, 15) is 4.79 Å². The predicted octanol–water partition coefficient (Wildman–Crippen LogP) is 4.56. The zero-order chi connectivity index (χ0) is 17.3. The van der Waals surface area contributed by atoms with Gasteiger partial charge in [-0.2, -0.15) is 0 Å². The van der Waals surface area contributed by atoms with Crippen molar-refractivity contribution in [3.8, 4) is 5.75 Å². The lowest BCUT2D eigenvalue weighted by Crippen LogP contribution is -2.15. The summed E-state index contributed by atoms with van der Waals surface area (Å²) in [4.78, 5) is 12.7. The molecule has 24 heavy (non-hydrogen) atoms. The van der Waals surface area contributed by atoms with Gasteiger partial charge in [0.25, 0.3) is 5.91 Å². The molecule has 0 aliphatic rings. The minimum atomic E-state index is -0.131. The van der Waals surface area contributed by atoms with Crippen LogP contribution >= 0.6 is 0 Å². The molecular weight excluding hydrogens is 300 g/mol. The molecule has 0 fully saturated rings. The first-order valence-electron chi connectivity index (χ1n) is 8.05. The molecule has 0 aliphatic carbocycles. The van der Waals surface area contributed by atoms with E-state index >= 15 is 0 Å². The molecule has 1 aromatic heterocycles. The summed E-state index contributed by atoms with van der Waals surface area (Å²) in [5.41, 5.74) is 3.61. The first-order valence-corrected chi connectivity index (χ1v) is 8.05. The number of methoxy groups -OCH3 is 1. The third-order valence-electron chi connectivity index (χ3n) is 4.33. The Morgan fingerprint density at radius 3 is 2.46 bits per heavy atom. The van der Waals surface area contributed by atoms with Gasteiger partial charge in [-0.1, -0.05) is 32.0 Å². The van der Waals surface area contributed by atoms with Crippen LogP contribution in [0.5, 0.6) is 5.75 Å². The molecule has 0 saturated heterocycles. The topological polar surface area (TPSA) is 43.3 Å². The number of hydrogen-bond donors (Lipinski definition) is 1. The van der Waals surface area contributed by atoms with E-state index in [-0.39, 0.29) is 5.91 Å². The number of anilines is 1. The van der Waals surface area contributed by atoms with Gasteiger partial charge in [-0.25, -0.2) is 0 Å². The molecule has 4 nitrogen and oxygen atoms in total. The van der Waals surface area contributed by atoms with Gasteiger partial charge in [-0.05, 0) is 41.8 Å². The molecule has 0 radical (unpaired) electrons. The van der Waals surface area contributed by atoms with Crippen molar-refractivity contribution in [2.24, 2.45) is 7.05 Å². The van der Waals surface area contributed by atoms with E-state index in [2.05, 4.69) is 19.2 Å².